The lowest BCUT2D eigenvalue weighted by Gasteiger charge is -2.18. The van der Waals surface area contributed by atoms with Crippen LogP contribution in [0.1, 0.15) is 25.3 Å². The first kappa shape index (κ1) is 19.7. The molecule has 0 bridgehead atoms. The Kier molecular flexibility index (Phi) is 5.52. The third-order valence-electron chi connectivity index (χ3n) is 5.14. The number of benzene rings is 2. The smallest absolute Gasteiger partial charge is 0.247 e. The van der Waals surface area contributed by atoms with E-state index >= 15 is 0 Å². The fraction of sp³-hybridized carbons (Fsp3) is 0.261. The Labute approximate surface area is 174 Å². The van der Waals surface area contributed by atoms with E-state index in [9.17, 15) is 14.4 Å². The molecule has 7 heteroatoms. The Morgan fingerprint density at radius 2 is 1.77 bits per heavy atom. The highest BCUT2D eigenvalue weighted by atomic mass is 16.2. The molecule has 7 nitrogen and oxygen atoms in total. The lowest BCUT2D eigenvalue weighted by atomic mass is 10.0. The highest BCUT2D eigenvalue weighted by Crippen LogP contribution is 2.30. The number of carbonyl (C=O) groups excluding carboxylic acids is 3. The van der Waals surface area contributed by atoms with Gasteiger partial charge in [0.1, 0.15) is 6.04 Å². The predicted octanol–water partition coefficient (Wildman–Crippen LogP) is 3.20. The second-order valence-electron chi connectivity index (χ2n) is 7.65. The molecule has 1 saturated carbocycles. The van der Waals surface area contributed by atoms with Gasteiger partial charge in [0, 0.05) is 47.7 Å². The number of hydrogen-bond donors (Lipinski definition) is 4. The van der Waals surface area contributed by atoms with E-state index in [0.717, 1.165) is 29.3 Å². The SMILES string of the molecule is CC(=O)NC(Cc1c[nH]c2ccccc12)C(=O)Nc1cccc(NC(=O)C2CC2)c1. The number of para-hydroxylation sites is 1. The zero-order valence-corrected chi connectivity index (χ0v) is 16.7. The first-order valence-electron chi connectivity index (χ1n) is 10.0. The van der Waals surface area contributed by atoms with E-state index in [0.29, 0.717) is 17.8 Å². The topological polar surface area (TPSA) is 103 Å². The van der Waals surface area contributed by atoms with Gasteiger partial charge < -0.3 is 20.9 Å². The van der Waals surface area contributed by atoms with Gasteiger partial charge in [-0.1, -0.05) is 24.3 Å². The van der Waals surface area contributed by atoms with Gasteiger partial charge in [-0.15, -0.1) is 0 Å². The van der Waals surface area contributed by atoms with Crippen molar-refractivity contribution in [3.05, 3.63) is 60.3 Å². The van der Waals surface area contributed by atoms with Gasteiger partial charge in [0.25, 0.3) is 0 Å². The third-order valence-corrected chi connectivity index (χ3v) is 5.14. The first-order valence-corrected chi connectivity index (χ1v) is 10.0. The van der Waals surface area contributed by atoms with Crippen LogP contribution >= 0.6 is 0 Å². The predicted molar refractivity (Wildman–Crippen MR) is 116 cm³/mol. The van der Waals surface area contributed by atoms with Gasteiger partial charge in [0.15, 0.2) is 0 Å². The number of H-pyrrole nitrogens is 1. The molecular weight excluding hydrogens is 380 g/mol. The van der Waals surface area contributed by atoms with Gasteiger partial charge >= 0.3 is 0 Å². The van der Waals surface area contributed by atoms with Gasteiger partial charge in [0.05, 0.1) is 0 Å². The second-order valence-corrected chi connectivity index (χ2v) is 7.65. The summed E-state index contributed by atoms with van der Waals surface area (Å²) in [6.45, 7) is 1.39. The second kappa shape index (κ2) is 8.41. The molecule has 0 aliphatic heterocycles. The van der Waals surface area contributed by atoms with Crippen LogP contribution in [0.25, 0.3) is 10.9 Å². The van der Waals surface area contributed by atoms with Crippen LogP contribution in [-0.2, 0) is 20.8 Å². The number of carbonyl (C=O) groups is 3. The van der Waals surface area contributed by atoms with Gasteiger partial charge in [0.2, 0.25) is 17.7 Å². The molecule has 0 radical (unpaired) electrons. The molecule has 3 amide bonds. The van der Waals surface area contributed by atoms with Crippen LogP contribution in [0.4, 0.5) is 11.4 Å². The molecule has 1 aromatic heterocycles. The lowest BCUT2D eigenvalue weighted by molar-refractivity contribution is -0.125. The minimum Gasteiger partial charge on any atom is -0.361 e. The van der Waals surface area contributed by atoms with E-state index in [1.54, 1.807) is 24.3 Å². The number of rotatable bonds is 7. The quantitative estimate of drug-likeness (QED) is 0.486. The number of hydrogen-bond acceptors (Lipinski definition) is 3. The standard InChI is InChI=1S/C23H24N4O3/c1-14(28)25-21(11-16-13-24-20-8-3-2-7-19(16)20)23(30)27-18-6-4-5-17(12-18)26-22(29)15-9-10-15/h2-8,12-13,15,21,24H,9-11H2,1H3,(H,25,28)(H,26,29)(H,27,30). The van der Waals surface area contributed by atoms with Crippen LogP contribution in [0.3, 0.4) is 0 Å². The highest BCUT2D eigenvalue weighted by Gasteiger charge is 2.29. The average molecular weight is 404 g/mol. The summed E-state index contributed by atoms with van der Waals surface area (Å²) < 4.78 is 0. The number of nitrogens with one attached hydrogen (secondary N) is 4. The van der Waals surface area contributed by atoms with Crippen molar-refractivity contribution < 1.29 is 14.4 Å². The summed E-state index contributed by atoms with van der Waals surface area (Å²) in [7, 11) is 0. The molecule has 154 valence electrons. The molecule has 1 atom stereocenters. The Morgan fingerprint density at radius 3 is 2.50 bits per heavy atom. The maximum atomic E-state index is 12.9. The van der Waals surface area contributed by atoms with E-state index in [1.807, 2.05) is 30.5 Å². The number of amides is 3. The summed E-state index contributed by atoms with van der Waals surface area (Å²) in [5.74, 6) is -0.487. The molecule has 0 saturated heterocycles. The molecule has 1 unspecified atom stereocenters. The normalized spacial score (nSPS) is 14.2. The van der Waals surface area contributed by atoms with E-state index in [-0.39, 0.29) is 23.6 Å². The Bertz CT molecular complexity index is 1100. The summed E-state index contributed by atoms with van der Waals surface area (Å²) in [6, 6.07) is 14.1. The summed E-state index contributed by atoms with van der Waals surface area (Å²) in [4.78, 5) is 39.8. The van der Waals surface area contributed by atoms with Crippen molar-refractivity contribution in [2.24, 2.45) is 5.92 Å². The summed E-state index contributed by atoms with van der Waals surface area (Å²) in [5, 5.41) is 9.48. The minimum absolute atomic E-state index is 0.00827. The van der Waals surface area contributed by atoms with Crippen molar-refractivity contribution in [1.29, 1.82) is 0 Å². The van der Waals surface area contributed by atoms with Crippen molar-refractivity contribution in [1.82, 2.24) is 10.3 Å². The third kappa shape index (κ3) is 4.68. The van der Waals surface area contributed by atoms with Crippen LogP contribution in [-0.4, -0.2) is 28.7 Å². The molecule has 30 heavy (non-hydrogen) atoms. The van der Waals surface area contributed by atoms with Crippen molar-refractivity contribution in [3.8, 4) is 0 Å². The van der Waals surface area contributed by atoms with Gasteiger partial charge in [-0.2, -0.15) is 0 Å². The largest absolute Gasteiger partial charge is 0.361 e. The van der Waals surface area contributed by atoms with E-state index < -0.39 is 6.04 Å². The fourth-order valence-electron chi connectivity index (χ4n) is 3.47. The van der Waals surface area contributed by atoms with Gasteiger partial charge in [-0.05, 0) is 42.7 Å². The van der Waals surface area contributed by atoms with Crippen LogP contribution < -0.4 is 16.0 Å². The molecule has 1 aliphatic carbocycles. The maximum Gasteiger partial charge on any atom is 0.247 e. The molecule has 2 aromatic carbocycles. The van der Waals surface area contributed by atoms with Crippen LogP contribution in [0.15, 0.2) is 54.7 Å². The first-order chi connectivity index (χ1) is 14.5. The van der Waals surface area contributed by atoms with E-state index in [1.165, 1.54) is 6.92 Å². The van der Waals surface area contributed by atoms with Crippen molar-refractivity contribution >= 4 is 40.0 Å². The number of aromatic nitrogens is 1. The molecule has 1 fully saturated rings. The molecule has 1 heterocycles. The number of aromatic amines is 1. The maximum absolute atomic E-state index is 12.9. The number of anilines is 2. The Balaban J connectivity index is 1.48. The molecule has 3 aromatic rings. The summed E-state index contributed by atoms with van der Waals surface area (Å²) >= 11 is 0. The minimum atomic E-state index is -0.730. The van der Waals surface area contributed by atoms with Crippen LogP contribution in [0.5, 0.6) is 0 Å². The molecule has 1 aliphatic rings. The molecule has 4 N–H and O–H groups in total. The fourth-order valence-corrected chi connectivity index (χ4v) is 3.47. The van der Waals surface area contributed by atoms with E-state index in [2.05, 4.69) is 20.9 Å². The lowest BCUT2D eigenvalue weighted by Crippen LogP contribution is -2.44. The summed E-state index contributed by atoms with van der Waals surface area (Å²) in [5.41, 5.74) is 3.12. The van der Waals surface area contributed by atoms with Crippen molar-refractivity contribution in [2.45, 2.75) is 32.2 Å². The summed E-state index contributed by atoms with van der Waals surface area (Å²) in [6.07, 6.45) is 4.07. The average Bonchev–Trinajstić information content (AvgIpc) is 3.49. The van der Waals surface area contributed by atoms with E-state index in [4.69, 9.17) is 0 Å². The molecule has 4 rings (SSSR count). The monoisotopic (exact) mass is 404 g/mol. The van der Waals surface area contributed by atoms with Gasteiger partial charge in [-0.3, -0.25) is 14.4 Å². The van der Waals surface area contributed by atoms with Crippen LogP contribution in [0, 0.1) is 5.92 Å². The van der Waals surface area contributed by atoms with Crippen molar-refractivity contribution in [3.63, 3.8) is 0 Å². The van der Waals surface area contributed by atoms with Crippen LogP contribution in [0.2, 0.25) is 0 Å². The number of fused-ring (bicyclic) bond motifs is 1. The molecular formula is C23H24N4O3. The Hall–Kier alpha value is -3.61. The zero-order valence-electron chi connectivity index (χ0n) is 16.7. The van der Waals surface area contributed by atoms with Gasteiger partial charge in [-0.25, -0.2) is 0 Å². The van der Waals surface area contributed by atoms with Crippen molar-refractivity contribution in [2.75, 3.05) is 10.6 Å². The zero-order chi connectivity index (χ0) is 21.1. The Morgan fingerprint density at radius 1 is 1.03 bits per heavy atom. The molecule has 0 spiro atoms. The highest BCUT2D eigenvalue weighted by molar-refractivity contribution is 5.99.